The Bertz CT molecular complexity index is 1080. The molecule has 2 atom stereocenters. The van der Waals surface area contributed by atoms with E-state index in [1.807, 2.05) is 30.3 Å². The molecule has 1 aliphatic carbocycles. The van der Waals surface area contributed by atoms with Crippen molar-refractivity contribution in [2.24, 2.45) is 5.73 Å². The summed E-state index contributed by atoms with van der Waals surface area (Å²) in [6.07, 6.45) is 5.76. The number of hydrogen-bond donors (Lipinski definition) is 4. The molecule has 0 saturated heterocycles. The molecule has 0 saturated carbocycles. The van der Waals surface area contributed by atoms with Crippen LogP contribution in [0.25, 0.3) is 0 Å². The first-order chi connectivity index (χ1) is 15.0. The number of carboxylic acid groups (broad SMARTS) is 1. The molecule has 0 aliphatic heterocycles. The number of hydrogen-bond acceptors (Lipinski definition) is 6. The summed E-state index contributed by atoms with van der Waals surface area (Å²) in [6, 6.07) is 13.7. The SMILES string of the molecule is C=CC(C1=CC(=O)C=CC1=O)c1ccccc1.CC(N)(Cc1ccc(O)c(O)c1)C(=O)O. The molecule has 3 rings (SSSR count). The Morgan fingerprint density at radius 2 is 1.75 bits per heavy atom. The number of aromatic hydroxyl groups is 2. The number of carbonyl (C=O) groups excluding carboxylic acids is 2. The van der Waals surface area contributed by atoms with Gasteiger partial charge in [-0.05, 0) is 48.4 Å². The fourth-order valence-electron chi connectivity index (χ4n) is 3.05. The zero-order valence-electron chi connectivity index (χ0n) is 17.6. The molecular weight excluding hydrogens is 410 g/mol. The van der Waals surface area contributed by atoms with Gasteiger partial charge >= 0.3 is 5.97 Å². The van der Waals surface area contributed by atoms with Crippen molar-refractivity contribution < 1.29 is 29.7 Å². The number of phenols is 2. The fraction of sp³-hybridized carbons (Fsp3) is 0.160. The second-order valence-electron chi connectivity index (χ2n) is 7.55. The molecule has 7 nitrogen and oxygen atoms in total. The number of carboxylic acids is 1. The third-order valence-electron chi connectivity index (χ3n) is 4.81. The Hall–Kier alpha value is -3.97. The third kappa shape index (κ3) is 6.26. The number of benzene rings is 2. The molecule has 32 heavy (non-hydrogen) atoms. The molecule has 2 unspecified atom stereocenters. The molecule has 1 aliphatic rings. The first-order valence-electron chi connectivity index (χ1n) is 9.73. The molecule has 7 heteroatoms. The van der Waals surface area contributed by atoms with Gasteiger partial charge in [0.15, 0.2) is 23.1 Å². The molecule has 2 aromatic rings. The highest BCUT2D eigenvalue weighted by Gasteiger charge is 2.28. The summed E-state index contributed by atoms with van der Waals surface area (Å²) in [4.78, 5) is 33.8. The maximum Gasteiger partial charge on any atom is 0.323 e. The highest BCUT2D eigenvalue weighted by atomic mass is 16.4. The van der Waals surface area contributed by atoms with Crippen LogP contribution in [0, 0.1) is 0 Å². The van der Waals surface area contributed by atoms with Crippen LogP contribution >= 0.6 is 0 Å². The molecule has 0 aromatic heterocycles. The third-order valence-corrected chi connectivity index (χ3v) is 4.81. The lowest BCUT2D eigenvalue weighted by molar-refractivity contribution is -0.142. The van der Waals surface area contributed by atoms with Crippen molar-refractivity contribution in [1.82, 2.24) is 0 Å². The van der Waals surface area contributed by atoms with E-state index in [-0.39, 0.29) is 35.4 Å². The van der Waals surface area contributed by atoms with E-state index in [1.165, 1.54) is 43.4 Å². The van der Waals surface area contributed by atoms with Gasteiger partial charge in [0, 0.05) is 17.9 Å². The number of nitrogens with two attached hydrogens (primary N) is 1. The lowest BCUT2D eigenvalue weighted by Gasteiger charge is -2.19. The van der Waals surface area contributed by atoms with Gasteiger partial charge < -0.3 is 21.1 Å². The summed E-state index contributed by atoms with van der Waals surface area (Å²) >= 11 is 0. The normalized spacial score (nSPS) is 15.6. The van der Waals surface area contributed by atoms with Gasteiger partial charge in [0.25, 0.3) is 0 Å². The number of aliphatic carboxylic acids is 1. The predicted octanol–water partition coefficient (Wildman–Crippen LogP) is 3.03. The monoisotopic (exact) mass is 435 g/mol. The Morgan fingerprint density at radius 1 is 1.09 bits per heavy atom. The average Bonchev–Trinajstić information content (AvgIpc) is 2.75. The number of ketones is 2. The van der Waals surface area contributed by atoms with E-state index in [0.29, 0.717) is 11.1 Å². The minimum absolute atomic E-state index is 0.0795. The quantitative estimate of drug-likeness (QED) is 0.311. The van der Waals surface area contributed by atoms with E-state index >= 15 is 0 Å². The molecular formula is C25H25NO6. The topological polar surface area (TPSA) is 138 Å². The lowest BCUT2D eigenvalue weighted by atomic mass is 9.86. The van der Waals surface area contributed by atoms with Crippen LogP contribution in [0.3, 0.4) is 0 Å². The van der Waals surface area contributed by atoms with Gasteiger partial charge in [-0.15, -0.1) is 6.58 Å². The summed E-state index contributed by atoms with van der Waals surface area (Å²) in [7, 11) is 0. The maximum absolute atomic E-state index is 11.8. The van der Waals surface area contributed by atoms with Crippen LogP contribution < -0.4 is 5.73 Å². The standard InChI is InChI=1S/C15H12O2.C10H13NO4/c1-2-13(11-6-4-3-5-7-11)14-10-12(16)8-9-15(14)17;1-10(11,9(14)15)5-6-2-3-7(12)8(13)4-6/h2-10,13H,1H2;2-4,12-13H,5,11H2,1H3,(H,14,15). The van der Waals surface area contributed by atoms with E-state index in [1.54, 1.807) is 6.08 Å². The van der Waals surface area contributed by atoms with Gasteiger partial charge in [-0.25, -0.2) is 0 Å². The van der Waals surface area contributed by atoms with E-state index < -0.39 is 11.5 Å². The van der Waals surface area contributed by atoms with Gasteiger partial charge in [-0.3, -0.25) is 14.4 Å². The van der Waals surface area contributed by atoms with Crippen LogP contribution in [0.5, 0.6) is 11.5 Å². The van der Waals surface area contributed by atoms with Crippen molar-refractivity contribution in [2.75, 3.05) is 0 Å². The summed E-state index contributed by atoms with van der Waals surface area (Å²) in [5.74, 6) is -2.14. The molecule has 0 spiro atoms. The molecule has 0 fully saturated rings. The van der Waals surface area contributed by atoms with Crippen LogP contribution in [-0.2, 0) is 20.8 Å². The van der Waals surface area contributed by atoms with Crippen molar-refractivity contribution in [3.05, 3.63) is 96.1 Å². The second-order valence-corrected chi connectivity index (χ2v) is 7.55. The van der Waals surface area contributed by atoms with E-state index in [0.717, 1.165) is 5.56 Å². The zero-order chi connectivity index (χ0) is 23.9. The van der Waals surface area contributed by atoms with Gasteiger partial charge in [0.1, 0.15) is 5.54 Å². The summed E-state index contributed by atoms with van der Waals surface area (Å²) < 4.78 is 0. The molecule has 0 amide bonds. The first-order valence-corrected chi connectivity index (χ1v) is 9.73. The van der Waals surface area contributed by atoms with Crippen LogP contribution in [-0.4, -0.2) is 38.4 Å². The van der Waals surface area contributed by atoms with Crippen LogP contribution in [0.1, 0.15) is 24.0 Å². The van der Waals surface area contributed by atoms with Crippen molar-refractivity contribution >= 4 is 17.5 Å². The molecule has 166 valence electrons. The van der Waals surface area contributed by atoms with Crippen LogP contribution in [0.15, 0.2) is 85.0 Å². The van der Waals surface area contributed by atoms with Crippen molar-refractivity contribution in [2.45, 2.75) is 24.8 Å². The smallest absolute Gasteiger partial charge is 0.323 e. The second kappa shape index (κ2) is 10.4. The van der Waals surface area contributed by atoms with Gasteiger partial charge in [-0.1, -0.05) is 42.5 Å². The average molecular weight is 435 g/mol. The van der Waals surface area contributed by atoms with Gasteiger partial charge in [0.05, 0.1) is 0 Å². The number of carbonyl (C=O) groups is 3. The van der Waals surface area contributed by atoms with Crippen LogP contribution in [0.2, 0.25) is 0 Å². The van der Waals surface area contributed by atoms with Gasteiger partial charge in [-0.2, -0.15) is 0 Å². The Balaban J connectivity index is 0.000000229. The highest BCUT2D eigenvalue weighted by molar-refractivity contribution is 6.18. The molecule has 5 N–H and O–H groups in total. The van der Waals surface area contributed by atoms with Crippen molar-refractivity contribution in [3.63, 3.8) is 0 Å². The van der Waals surface area contributed by atoms with Crippen molar-refractivity contribution in [1.29, 1.82) is 0 Å². The number of allylic oxidation sites excluding steroid dienone is 5. The molecule has 0 radical (unpaired) electrons. The zero-order valence-corrected chi connectivity index (χ0v) is 17.6. The summed E-state index contributed by atoms with van der Waals surface area (Å²) in [6.45, 7) is 5.13. The minimum atomic E-state index is -1.39. The molecule has 2 aromatic carbocycles. The molecule has 0 heterocycles. The first kappa shape index (κ1) is 24.3. The highest BCUT2D eigenvalue weighted by Crippen LogP contribution is 2.28. The number of rotatable bonds is 6. The Labute approximate surface area is 185 Å². The van der Waals surface area contributed by atoms with Crippen molar-refractivity contribution in [3.8, 4) is 11.5 Å². The van der Waals surface area contributed by atoms with E-state index in [4.69, 9.17) is 15.9 Å². The summed E-state index contributed by atoms with van der Waals surface area (Å²) in [5, 5.41) is 27.0. The Morgan fingerprint density at radius 3 is 2.31 bits per heavy atom. The maximum atomic E-state index is 11.8. The van der Waals surface area contributed by atoms with E-state index in [2.05, 4.69) is 6.58 Å². The fourth-order valence-corrected chi connectivity index (χ4v) is 3.05. The van der Waals surface area contributed by atoms with Gasteiger partial charge in [0.2, 0.25) is 0 Å². The van der Waals surface area contributed by atoms with E-state index in [9.17, 15) is 19.5 Å². The minimum Gasteiger partial charge on any atom is -0.504 e. The van der Waals surface area contributed by atoms with Crippen LogP contribution in [0.4, 0.5) is 0 Å². The Kier molecular flexibility index (Phi) is 7.87. The predicted molar refractivity (Wildman–Crippen MR) is 120 cm³/mol. The summed E-state index contributed by atoms with van der Waals surface area (Å²) in [5.41, 5.74) is 6.15. The number of phenolic OH excluding ortho intramolecular Hbond substituents is 2. The molecule has 0 bridgehead atoms. The lowest BCUT2D eigenvalue weighted by Crippen LogP contribution is -2.46. The largest absolute Gasteiger partial charge is 0.504 e.